The number of hydrogen-bond donors (Lipinski definition) is 2. The fourth-order valence-corrected chi connectivity index (χ4v) is 2.40. The van der Waals surface area contributed by atoms with Gasteiger partial charge in [0.25, 0.3) is 0 Å². The maximum atomic E-state index is 12.5. The van der Waals surface area contributed by atoms with Crippen LogP contribution in [-0.4, -0.2) is 45.1 Å². The zero-order valence-electron chi connectivity index (χ0n) is 10.9. The molecule has 1 aliphatic heterocycles. The monoisotopic (exact) mass is 291 g/mol. The Kier molecular flexibility index (Phi) is 4.03. The molecule has 1 aliphatic rings. The zero-order chi connectivity index (χ0) is 14.9. The first-order valence-electron chi connectivity index (χ1n) is 6.38. The third-order valence-electron chi connectivity index (χ3n) is 3.72. The minimum atomic E-state index is -4.41. The highest BCUT2D eigenvalue weighted by Crippen LogP contribution is 2.31. The second-order valence-electron chi connectivity index (χ2n) is 5.00. The lowest BCUT2D eigenvalue weighted by atomic mass is 9.95. The number of carboxylic acid groups (broad SMARTS) is 1. The van der Waals surface area contributed by atoms with Gasteiger partial charge in [-0.2, -0.15) is 13.2 Å². The maximum absolute atomic E-state index is 12.5. The second kappa shape index (κ2) is 5.43. The lowest BCUT2D eigenvalue weighted by Crippen LogP contribution is -2.43. The van der Waals surface area contributed by atoms with Crippen molar-refractivity contribution >= 4 is 5.97 Å². The van der Waals surface area contributed by atoms with Crippen molar-refractivity contribution in [3.63, 3.8) is 0 Å². The average Bonchev–Trinajstić information content (AvgIpc) is 2.87. The topological polar surface area (TPSA) is 69.2 Å². The van der Waals surface area contributed by atoms with Crippen molar-refractivity contribution in [2.24, 2.45) is 0 Å². The van der Waals surface area contributed by atoms with E-state index in [9.17, 15) is 18.0 Å². The summed E-state index contributed by atoms with van der Waals surface area (Å²) < 4.78 is 37.4. The van der Waals surface area contributed by atoms with Gasteiger partial charge in [-0.3, -0.25) is 9.69 Å². The molecule has 1 aromatic rings. The van der Waals surface area contributed by atoms with E-state index < -0.39 is 23.9 Å². The van der Waals surface area contributed by atoms with Crippen LogP contribution < -0.4 is 0 Å². The molecule has 0 aromatic carbocycles. The summed E-state index contributed by atoms with van der Waals surface area (Å²) in [6.07, 6.45) is -2.41. The number of nitrogens with zero attached hydrogens (tertiary/aromatic N) is 2. The smallest absolute Gasteiger partial charge is 0.432 e. The third-order valence-corrected chi connectivity index (χ3v) is 3.72. The molecule has 0 aliphatic carbocycles. The quantitative estimate of drug-likeness (QED) is 0.894. The summed E-state index contributed by atoms with van der Waals surface area (Å²) in [5.41, 5.74) is -0.839. The van der Waals surface area contributed by atoms with Crippen LogP contribution in [-0.2, 0) is 11.0 Å². The number of likely N-dealkylation sites (tertiary alicyclic amines) is 1. The number of rotatable bonds is 3. The van der Waals surface area contributed by atoms with Gasteiger partial charge in [0.05, 0.1) is 6.20 Å². The van der Waals surface area contributed by atoms with E-state index in [1.54, 1.807) is 6.92 Å². The Bertz CT molecular complexity index is 479. The summed E-state index contributed by atoms with van der Waals surface area (Å²) in [7, 11) is 0. The normalized spacial score (nSPS) is 20.0. The van der Waals surface area contributed by atoms with Crippen LogP contribution in [0.15, 0.2) is 6.20 Å². The van der Waals surface area contributed by atoms with Gasteiger partial charge in [0.2, 0.25) is 0 Å². The van der Waals surface area contributed by atoms with Gasteiger partial charge in [0.1, 0.15) is 17.6 Å². The number of imidazole rings is 1. The molecule has 0 spiro atoms. The molecule has 1 atom stereocenters. The fraction of sp³-hybridized carbons (Fsp3) is 0.667. The molecule has 0 radical (unpaired) electrons. The largest absolute Gasteiger partial charge is 0.480 e. The lowest BCUT2D eigenvalue weighted by molar-refractivity contribution is -0.143. The lowest BCUT2D eigenvalue weighted by Gasteiger charge is -2.33. The summed E-state index contributed by atoms with van der Waals surface area (Å²) in [6.45, 7) is 2.69. The van der Waals surface area contributed by atoms with Gasteiger partial charge < -0.3 is 10.1 Å². The summed E-state index contributed by atoms with van der Waals surface area (Å²) in [4.78, 5) is 18.8. The van der Waals surface area contributed by atoms with Gasteiger partial charge >= 0.3 is 12.1 Å². The van der Waals surface area contributed by atoms with Crippen molar-refractivity contribution in [3.05, 3.63) is 17.7 Å². The number of nitrogens with one attached hydrogen (secondary N) is 1. The van der Waals surface area contributed by atoms with E-state index in [4.69, 9.17) is 5.11 Å². The van der Waals surface area contributed by atoms with Crippen LogP contribution in [0.2, 0.25) is 0 Å². The standard InChI is InChI=1S/C12H16F3N3O2/c1-7(11(19)20)18-4-2-8(3-5-18)10-16-6-9(17-10)12(13,14)15/h6-8H,2-5H2,1H3,(H,16,17)(H,19,20)/t7-/m1/s1. The molecule has 1 saturated heterocycles. The second-order valence-corrected chi connectivity index (χ2v) is 5.00. The first kappa shape index (κ1) is 14.8. The number of alkyl halides is 3. The van der Waals surface area contributed by atoms with Gasteiger partial charge in [0.15, 0.2) is 0 Å². The van der Waals surface area contributed by atoms with Crippen molar-refractivity contribution in [3.8, 4) is 0 Å². The number of aliphatic carboxylic acids is 1. The van der Waals surface area contributed by atoms with Crippen LogP contribution in [0, 0.1) is 0 Å². The Hall–Kier alpha value is -1.57. The van der Waals surface area contributed by atoms with E-state index >= 15 is 0 Å². The van der Waals surface area contributed by atoms with E-state index in [-0.39, 0.29) is 5.92 Å². The minimum absolute atomic E-state index is 0.0802. The van der Waals surface area contributed by atoms with Gasteiger partial charge in [0, 0.05) is 5.92 Å². The van der Waals surface area contributed by atoms with E-state index in [1.807, 2.05) is 4.90 Å². The van der Waals surface area contributed by atoms with Crippen molar-refractivity contribution < 1.29 is 23.1 Å². The predicted molar refractivity (Wildman–Crippen MR) is 64.2 cm³/mol. The SMILES string of the molecule is C[C@H](C(=O)O)N1CCC(c2ncc(C(F)(F)F)[nH]2)CC1. The van der Waals surface area contributed by atoms with Crippen LogP contribution in [0.25, 0.3) is 0 Å². The van der Waals surface area contributed by atoms with Crippen LogP contribution in [0.3, 0.4) is 0 Å². The Morgan fingerprint density at radius 1 is 1.50 bits per heavy atom. The zero-order valence-corrected chi connectivity index (χ0v) is 10.9. The van der Waals surface area contributed by atoms with Gasteiger partial charge in [-0.05, 0) is 32.9 Å². The Morgan fingerprint density at radius 2 is 2.10 bits per heavy atom. The highest BCUT2D eigenvalue weighted by molar-refractivity contribution is 5.72. The average molecular weight is 291 g/mol. The molecule has 1 fully saturated rings. The van der Waals surface area contributed by atoms with E-state index in [0.29, 0.717) is 31.8 Å². The first-order valence-corrected chi connectivity index (χ1v) is 6.38. The van der Waals surface area contributed by atoms with Crippen molar-refractivity contribution in [1.82, 2.24) is 14.9 Å². The molecule has 112 valence electrons. The van der Waals surface area contributed by atoms with Crippen LogP contribution >= 0.6 is 0 Å². The molecular weight excluding hydrogens is 275 g/mol. The molecule has 0 saturated carbocycles. The molecule has 0 unspecified atom stereocenters. The van der Waals surface area contributed by atoms with E-state index in [1.165, 1.54) is 0 Å². The molecule has 20 heavy (non-hydrogen) atoms. The van der Waals surface area contributed by atoms with Crippen LogP contribution in [0.4, 0.5) is 13.2 Å². The minimum Gasteiger partial charge on any atom is -0.480 e. The molecule has 2 N–H and O–H groups in total. The number of aromatic amines is 1. The molecule has 0 bridgehead atoms. The summed E-state index contributed by atoms with van der Waals surface area (Å²) in [6, 6.07) is -0.571. The van der Waals surface area contributed by atoms with Crippen LogP contribution in [0.5, 0.6) is 0 Å². The number of halogens is 3. The molecule has 2 rings (SSSR count). The van der Waals surface area contributed by atoms with Crippen molar-refractivity contribution in [2.75, 3.05) is 13.1 Å². The third kappa shape index (κ3) is 3.12. The molecule has 2 heterocycles. The van der Waals surface area contributed by atoms with E-state index in [0.717, 1.165) is 6.20 Å². The fourth-order valence-electron chi connectivity index (χ4n) is 2.40. The predicted octanol–water partition coefficient (Wildman–Crippen LogP) is 2.08. The molecule has 1 aromatic heterocycles. The molecular formula is C12H16F3N3O2. The van der Waals surface area contributed by atoms with Crippen LogP contribution in [0.1, 0.15) is 37.2 Å². The van der Waals surface area contributed by atoms with Gasteiger partial charge in [-0.25, -0.2) is 4.98 Å². The van der Waals surface area contributed by atoms with Gasteiger partial charge in [-0.15, -0.1) is 0 Å². The number of piperidine rings is 1. The van der Waals surface area contributed by atoms with Gasteiger partial charge in [-0.1, -0.05) is 0 Å². The van der Waals surface area contributed by atoms with Crippen molar-refractivity contribution in [1.29, 1.82) is 0 Å². The van der Waals surface area contributed by atoms with E-state index in [2.05, 4.69) is 9.97 Å². The number of aromatic nitrogens is 2. The summed E-state index contributed by atoms with van der Waals surface area (Å²) in [5.74, 6) is -0.635. The Morgan fingerprint density at radius 3 is 2.55 bits per heavy atom. The summed E-state index contributed by atoms with van der Waals surface area (Å²) >= 11 is 0. The number of H-pyrrole nitrogens is 1. The first-order chi connectivity index (χ1) is 9.29. The number of hydrogen-bond acceptors (Lipinski definition) is 3. The molecule has 0 amide bonds. The summed E-state index contributed by atoms with van der Waals surface area (Å²) in [5, 5.41) is 8.92. The van der Waals surface area contributed by atoms with Crippen molar-refractivity contribution in [2.45, 2.75) is 37.9 Å². The Balaban J connectivity index is 1.97. The maximum Gasteiger partial charge on any atom is 0.432 e. The number of carbonyl (C=O) groups is 1. The number of carboxylic acids is 1. The Labute approximate surface area is 113 Å². The highest BCUT2D eigenvalue weighted by Gasteiger charge is 2.34. The molecule has 5 nitrogen and oxygen atoms in total. The molecule has 8 heteroatoms. The highest BCUT2D eigenvalue weighted by atomic mass is 19.4.